The Balaban J connectivity index is 2.00. The molecule has 17 heavy (non-hydrogen) atoms. The van der Waals surface area contributed by atoms with E-state index in [9.17, 15) is 0 Å². The Morgan fingerprint density at radius 3 is 3.00 bits per heavy atom. The van der Waals surface area contributed by atoms with Crippen molar-refractivity contribution in [2.75, 3.05) is 25.6 Å². The lowest BCUT2D eigenvalue weighted by molar-refractivity contribution is 0.0995. The number of hydrogen-bond acceptors (Lipinski definition) is 6. The van der Waals surface area contributed by atoms with Crippen LogP contribution in [0.3, 0.4) is 0 Å². The molecule has 7 nitrogen and oxygen atoms in total. The summed E-state index contributed by atoms with van der Waals surface area (Å²) in [5.74, 6) is 0.555. The van der Waals surface area contributed by atoms with Crippen LogP contribution in [0.25, 0.3) is 11.2 Å². The van der Waals surface area contributed by atoms with Gasteiger partial charge in [-0.3, -0.25) is 0 Å². The summed E-state index contributed by atoms with van der Waals surface area (Å²) < 4.78 is 10.8. The number of nitrogens with one attached hydrogen (secondary N) is 1. The predicted molar refractivity (Wildman–Crippen MR) is 62.7 cm³/mol. The summed E-state index contributed by atoms with van der Waals surface area (Å²) in [5.41, 5.74) is 6.70. The van der Waals surface area contributed by atoms with E-state index in [4.69, 9.17) is 15.2 Å². The number of anilines is 1. The molecule has 0 radical (unpaired) electrons. The van der Waals surface area contributed by atoms with Crippen LogP contribution in [-0.2, 0) is 4.74 Å². The number of aromatic amines is 1. The highest BCUT2D eigenvalue weighted by atomic mass is 16.5. The molecule has 0 amide bonds. The van der Waals surface area contributed by atoms with Gasteiger partial charge in [-0.05, 0) is 6.42 Å². The molecular weight excluding hydrogens is 222 g/mol. The lowest BCUT2D eigenvalue weighted by atomic mass is 10.5. The van der Waals surface area contributed by atoms with E-state index in [1.165, 1.54) is 6.33 Å². The molecule has 2 aromatic heterocycles. The third kappa shape index (κ3) is 2.82. The molecule has 0 aliphatic heterocycles. The number of fused-ring (bicyclic) bond motifs is 1. The summed E-state index contributed by atoms with van der Waals surface area (Å²) in [7, 11) is 0. The maximum Gasteiger partial charge on any atom is 0.245 e. The van der Waals surface area contributed by atoms with Crippen molar-refractivity contribution in [3.8, 4) is 5.88 Å². The third-order valence-electron chi connectivity index (χ3n) is 2.08. The smallest absolute Gasteiger partial charge is 0.245 e. The molecule has 2 rings (SSSR count). The third-order valence-corrected chi connectivity index (χ3v) is 2.08. The Bertz CT molecular complexity index is 485. The Morgan fingerprint density at radius 2 is 2.18 bits per heavy atom. The normalized spacial score (nSPS) is 10.9. The van der Waals surface area contributed by atoms with Crippen LogP contribution >= 0.6 is 0 Å². The molecule has 3 N–H and O–H groups in total. The zero-order valence-corrected chi connectivity index (χ0v) is 9.64. The summed E-state index contributed by atoms with van der Waals surface area (Å²) in [6, 6.07) is 0. The van der Waals surface area contributed by atoms with Crippen LogP contribution in [0.5, 0.6) is 5.88 Å². The Hall–Kier alpha value is -1.89. The maximum absolute atomic E-state index is 5.55. The van der Waals surface area contributed by atoms with Gasteiger partial charge in [-0.15, -0.1) is 0 Å². The standard InChI is InChI=1S/C10H15N5O2/c1-2-3-16-4-5-17-9-7-8(13-6-12-7)14-10(11)15-9/h6H,2-5H2,1H3,(H3,11,12,13,14,15). The van der Waals surface area contributed by atoms with Gasteiger partial charge in [-0.1, -0.05) is 6.92 Å². The van der Waals surface area contributed by atoms with Gasteiger partial charge in [-0.25, -0.2) is 4.98 Å². The van der Waals surface area contributed by atoms with Gasteiger partial charge < -0.3 is 20.2 Å². The van der Waals surface area contributed by atoms with E-state index in [2.05, 4.69) is 26.9 Å². The number of nitrogen functional groups attached to an aromatic ring is 1. The van der Waals surface area contributed by atoms with Crippen LogP contribution in [0.4, 0.5) is 5.95 Å². The van der Waals surface area contributed by atoms with Crippen molar-refractivity contribution in [1.29, 1.82) is 0 Å². The van der Waals surface area contributed by atoms with Crippen molar-refractivity contribution in [2.45, 2.75) is 13.3 Å². The monoisotopic (exact) mass is 237 g/mol. The molecule has 0 aliphatic carbocycles. The molecule has 0 aliphatic rings. The quantitative estimate of drug-likeness (QED) is 0.719. The highest BCUT2D eigenvalue weighted by Gasteiger charge is 2.09. The van der Waals surface area contributed by atoms with Crippen molar-refractivity contribution in [3.63, 3.8) is 0 Å². The van der Waals surface area contributed by atoms with Crippen LogP contribution in [-0.4, -0.2) is 39.8 Å². The molecule has 7 heteroatoms. The minimum atomic E-state index is 0.147. The number of nitrogens with zero attached hydrogens (tertiary/aromatic N) is 3. The number of imidazole rings is 1. The fourth-order valence-electron chi connectivity index (χ4n) is 1.37. The molecule has 0 saturated carbocycles. The molecule has 2 heterocycles. The molecule has 0 unspecified atom stereocenters. The fraction of sp³-hybridized carbons (Fsp3) is 0.500. The zero-order chi connectivity index (χ0) is 12.1. The average Bonchev–Trinajstić information content (AvgIpc) is 2.76. The van der Waals surface area contributed by atoms with Gasteiger partial charge in [0.2, 0.25) is 11.8 Å². The first kappa shape index (κ1) is 11.6. The number of hydrogen-bond donors (Lipinski definition) is 2. The van der Waals surface area contributed by atoms with Gasteiger partial charge in [0.15, 0.2) is 5.65 Å². The SMILES string of the molecule is CCCOCCOc1nc(N)nc2nc[nH]c12. The summed E-state index contributed by atoms with van der Waals surface area (Å²) in [6.45, 7) is 3.73. The highest BCUT2D eigenvalue weighted by Crippen LogP contribution is 2.19. The number of nitrogens with two attached hydrogens (primary N) is 1. The lowest BCUT2D eigenvalue weighted by Crippen LogP contribution is -2.09. The number of aromatic nitrogens is 4. The van der Waals surface area contributed by atoms with Gasteiger partial charge >= 0.3 is 0 Å². The van der Waals surface area contributed by atoms with Crippen molar-refractivity contribution >= 4 is 17.1 Å². The van der Waals surface area contributed by atoms with E-state index in [-0.39, 0.29) is 5.95 Å². The van der Waals surface area contributed by atoms with Crippen molar-refractivity contribution < 1.29 is 9.47 Å². The summed E-state index contributed by atoms with van der Waals surface area (Å²) in [4.78, 5) is 14.9. The molecule has 0 bridgehead atoms. The average molecular weight is 237 g/mol. The second-order valence-corrected chi connectivity index (χ2v) is 3.45. The number of H-pyrrole nitrogens is 1. The second-order valence-electron chi connectivity index (χ2n) is 3.45. The van der Waals surface area contributed by atoms with Crippen LogP contribution in [0.1, 0.15) is 13.3 Å². The molecule has 0 spiro atoms. The molecule has 0 fully saturated rings. The van der Waals surface area contributed by atoms with E-state index in [1.54, 1.807) is 0 Å². The van der Waals surface area contributed by atoms with Crippen molar-refractivity contribution in [3.05, 3.63) is 6.33 Å². The van der Waals surface area contributed by atoms with Crippen LogP contribution < -0.4 is 10.5 Å². The van der Waals surface area contributed by atoms with Crippen LogP contribution in [0, 0.1) is 0 Å². The Labute approximate surface area is 98.4 Å². The zero-order valence-electron chi connectivity index (χ0n) is 9.64. The van der Waals surface area contributed by atoms with Gasteiger partial charge in [0.1, 0.15) is 12.1 Å². The first-order valence-corrected chi connectivity index (χ1v) is 5.48. The maximum atomic E-state index is 5.55. The van der Waals surface area contributed by atoms with E-state index in [0.29, 0.717) is 30.3 Å². The van der Waals surface area contributed by atoms with Crippen LogP contribution in [0.15, 0.2) is 6.33 Å². The first-order valence-electron chi connectivity index (χ1n) is 5.48. The molecule has 0 aromatic carbocycles. The van der Waals surface area contributed by atoms with Crippen LogP contribution in [0.2, 0.25) is 0 Å². The van der Waals surface area contributed by atoms with Gasteiger partial charge in [0.25, 0.3) is 0 Å². The predicted octanol–water partition coefficient (Wildman–Crippen LogP) is 0.740. The van der Waals surface area contributed by atoms with Crippen molar-refractivity contribution in [1.82, 2.24) is 19.9 Å². The van der Waals surface area contributed by atoms with E-state index >= 15 is 0 Å². The molecule has 2 aromatic rings. The summed E-state index contributed by atoms with van der Waals surface area (Å²) in [6.07, 6.45) is 2.52. The molecule has 0 saturated heterocycles. The Kier molecular flexibility index (Phi) is 3.71. The molecule has 0 atom stereocenters. The van der Waals surface area contributed by atoms with E-state index in [1.807, 2.05) is 0 Å². The van der Waals surface area contributed by atoms with Gasteiger partial charge in [-0.2, -0.15) is 9.97 Å². The molecular formula is C10H15N5O2. The largest absolute Gasteiger partial charge is 0.474 e. The minimum Gasteiger partial charge on any atom is -0.474 e. The molecule has 92 valence electrons. The van der Waals surface area contributed by atoms with Crippen molar-refractivity contribution in [2.24, 2.45) is 0 Å². The first-order chi connectivity index (χ1) is 8.31. The highest BCUT2D eigenvalue weighted by molar-refractivity contribution is 5.76. The van der Waals surface area contributed by atoms with E-state index in [0.717, 1.165) is 13.0 Å². The lowest BCUT2D eigenvalue weighted by Gasteiger charge is -2.06. The number of ether oxygens (including phenoxy) is 2. The van der Waals surface area contributed by atoms with Gasteiger partial charge in [0, 0.05) is 6.61 Å². The number of rotatable bonds is 6. The Morgan fingerprint density at radius 1 is 1.29 bits per heavy atom. The second kappa shape index (κ2) is 5.44. The summed E-state index contributed by atoms with van der Waals surface area (Å²) in [5, 5.41) is 0. The van der Waals surface area contributed by atoms with Gasteiger partial charge in [0.05, 0.1) is 12.9 Å². The minimum absolute atomic E-state index is 0.147. The topological polar surface area (TPSA) is 98.9 Å². The summed E-state index contributed by atoms with van der Waals surface area (Å²) >= 11 is 0. The van der Waals surface area contributed by atoms with E-state index < -0.39 is 0 Å². The fourth-order valence-corrected chi connectivity index (χ4v) is 1.37.